The van der Waals surface area contributed by atoms with E-state index in [4.69, 9.17) is 11.1 Å². The number of nitrogens with zero attached hydrogens (tertiary/aromatic N) is 1. The lowest BCUT2D eigenvalue weighted by molar-refractivity contribution is 1.14. The van der Waals surface area contributed by atoms with Crippen molar-refractivity contribution in [1.29, 1.82) is 5.41 Å². The number of guanidine groups is 1. The van der Waals surface area contributed by atoms with E-state index in [1.54, 1.807) is 0 Å². The van der Waals surface area contributed by atoms with Crippen molar-refractivity contribution in [2.75, 3.05) is 10.6 Å². The number of hydrogen-bond donors (Lipinski definition) is 4. The van der Waals surface area contributed by atoms with Gasteiger partial charge in [-0.25, -0.2) is 4.98 Å². The SMILES string of the molecule is [CH2]c1cc(Br)cc(CNc2cccc(-c3csc(NC(=N)N)n3)c2)c1. The first-order valence-corrected chi connectivity index (χ1v) is 9.19. The van der Waals surface area contributed by atoms with Crippen LogP contribution in [0.4, 0.5) is 10.8 Å². The highest BCUT2D eigenvalue weighted by Crippen LogP contribution is 2.27. The van der Waals surface area contributed by atoms with Crippen LogP contribution >= 0.6 is 27.3 Å². The van der Waals surface area contributed by atoms with Gasteiger partial charge in [-0.05, 0) is 42.3 Å². The summed E-state index contributed by atoms with van der Waals surface area (Å²) in [5.41, 5.74) is 10.3. The van der Waals surface area contributed by atoms with E-state index >= 15 is 0 Å². The number of anilines is 2. The Kier molecular flexibility index (Phi) is 5.35. The maximum Gasteiger partial charge on any atom is 0.192 e. The Bertz CT molecular complexity index is 886. The van der Waals surface area contributed by atoms with E-state index in [0.29, 0.717) is 11.7 Å². The lowest BCUT2D eigenvalue weighted by atomic mass is 10.1. The van der Waals surface area contributed by atoms with Gasteiger partial charge < -0.3 is 16.4 Å². The maximum absolute atomic E-state index is 7.26. The van der Waals surface area contributed by atoms with E-state index in [2.05, 4.69) is 56.7 Å². The van der Waals surface area contributed by atoms with Crippen molar-refractivity contribution in [2.24, 2.45) is 5.73 Å². The average molecular weight is 415 g/mol. The predicted molar refractivity (Wildman–Crippen MR) is 109 cm³/mol. The highest BCUT2D eigenvalue weighted by molar-refractivity contribution is 9.10. The van der Waals surface area contributed by atoms with Crippen LogP contribution in [0.3, 0.4) is 0 Å². The van der Waals surface area contributed by atoms with Gasteiger partial charge in [-0.3, -0.25) is 5.41 Å². The first-order valence-electron chi connectivity index (χ1n) is 7.52. The van der Waals surface area contributed by atoms with Gasteiger partial charge in [0.2, 0.25) is 0 Å². The summed E-state index contributed by atoms with van der Waals surface area (Å²) in [5.74, 6) is -0.116. The Balaban J connectivity index is 1.73. The summed E-state index contributed by atoms with van der Waals surface area (Å²) in [5, 5.41) is 15.9. The second-order valence-corrected chi connectivity index (χ2v) is 7.25. The van der Waals surface area contributed by atoms with E-state index in [-0.39, 0.29) is 5.96 Å². The Labute approximate surface area is 158 Å². The van der Waals surface area contributed by atoms with Crippen LogP contribution < -0.4 is 16.4 Å². The highest BCUT2D eigenvalue weighted by Gasteiger charge is 2.06. The zero-order valence-corrected chi connectivity index (χ0v) is 15.7. The minimum atomic E-state index is -0.116. The van der Waals surface area contributed by atoms with Crippen LogP contribution in [0, 0.1) is 12.3 Å². The van der Waals surface area contributed by atoms with Crippen LogP contribution in [-0.2, 0) is 6.54 Å². The first kappa shape index (κ1) is 17.4. The van der Waals surface area contributed by atoms with E-state index in [0.717, 1.165) is 32.5 Å². The van der Waals surface area contributed by atoms with Gasteiger partial charge in [0.05, 0.1) is 5.69 Å². The molecule has 0 unspecified atom stereocenters. The molecule has 0 spiro atoms. The molecule has 7 heteroatoms. The largest absolute Gasteiger partial charge is 0.381 e. The molecule has 1 heterocycles. The fourth-order valence-corrected chi connectivity index (χ4v) is 3.71. The third kappa shape index (κ3) is 4.80. The van der Waals surface area contributed by atoms with Crippen molar-refractivity contribution < 1.29 is 0 Å². The molecule has 1 aromatic heterocycles. The number of thiazole rings is 1. The summed E-state index contributed by atoms with van der Waals surface area (Å²) in [6.45, 7) is 4.69. The smallest absolute Gasteiger partial charge is 0.192 e. The van der Waals surface area contributed by atoms with Gasteiger partial charge in [0.15, 0.2) is 11.1 Å². The Morgan fingerprint density at radius 2 is 2.12 bits per heavy atom. The average Bonchev–Trinajstić information content (AvgIpc) is 3.00. The molecule has 0 atom stereocenters. The van der Waals surface area contributed by atoms with Gasteiger partial charge in [-0.1, -0.05) is 34.1 Å². The van der Waals surface area contributed by atoms with Crippen LogP contribution in [0.25, 0.3) is 11.3 Å². The Morgan fingerprint density at radius 3 is 2.88 bits per heavy atom. The molecular weight excluding hydrogens is 398 g/mol. The minimum Gasteiger partial charge on any atom is -0.381 e. The van der Waals surface area contributed by atoms with E-state index < -0.39 is 0 Å². The normalized spacial score (nSPS) is 10.5. The number of halogens is 1. The molecule has 25 heavy (non-hydrogen) atoms. The summed E-state index contributed by atoms with van der Waals surface area (Å²) in [7, 11) is 0. The van der Waals surface area contributed by atoms with Gasteiger partial charge >= 0.3 is 0 Å². The molecular formula is C18H17BrN5S. The second-order valence-electron chi connectivity index (χ2n) is 5.48. The Hall–Kier alpha value is -2.38. The number of nitrogens with two attached hydrogens (primary N) is 1. The molecule has 0 saturated carbocycles. The van der Waals surface area contributed by atoms with Crippen LogP contribution in [0.2, 0.25) is 0 Å². The maximum atomic E-state index is 7.26. The molecule has 127 valence electrons. The van der Waals surface area contributed by atoms with Gasteiger partial charge in [-0.15, -0.1) is 11.3 Å². The molecule has 0 saturated heterocycles. The zero-order chi connectivity index (χ0) is 17.8. The zero-order valence-electron chi connectivity index (χ0n) is 13.3. The summed E-state index contributed by atoms with van der Waals surface area (Å²) in [4.78, 5) is 4.45. The highest BCUT2D eigenvalue weighted by atomic mass is 79.9. The molecule has 2 aromatic carbocycles. The summed E-state index contributed by atoms with van der Waals surface area (Å²) in [6, 6.07) is 14.2. The van der Waals surface area contributed by atoms with Crippen LogP contribution in [-0.4, -0.2) is 10.9 Å². The Morgan fingerprint density at radius 1 is 1.28 bits per heavy atom. The fourth-order valence-electron chi connectivity index (χ4n) is 2.39. The van der Waals surface area contributed by atoms with Gasteiger partial charge in [0.1, 0.15) is 0 Å². The van der Waals surface area contributed by atoms with Crippen LogP contribution in [0.15, 0.2) is 52.3 Å². The van der Waals surface area contributed by atoms with E-state index in [1.807, 2.05) is 29.6 Å². The number of rotatable bonds is 5. The van der Waals surface area contributed by atoms with Crippen molar-refractivity contribution in [2.45, 2.75) is 6.54 Å². The predicted octanol–water partition coefficient (Wildman–Crippen LogP) is 4.67. The molecule has 5 nitrogen and oxygen atoms in total. The summed E-state index contributed by atoms with van der Waals surface area (Å²) in [6.07, 6.45) is 0. The molecule has 1 radical (unpaired) electrons. The van der Waals surface area contributed by atoms with Gasteiger partial charge in [0.25, 0.3) is 0 Å². The number of aromatic nitrogens is 1. The van der Waals surface area contributed by atoms with Crippen LogP contribution in [0.5, 0.6) is 0 Å². The number of nitrogens with one attached hydrogen (secondary N) is 3. The molecule has 0 amide bonds. The number of benzene rings is 2. The van der Waals surface area contributed by atoms with E-state index in [9.17, 15) is 0 Å². The quantitative estimate of drug-likeness (QED) is 0.360. The monoisotopic (exact) mass is 414 g/mol. The summed E-state index contributed by atoms with van der Waals surface area (Å²) >= 11 is 4.91. The first-order chi connectivity index (χ1) is 12.0. The molecule has 0 aliphatic rings. The minimum absolute atomic E-state index is 0.116. The van der Waals surface area contributed by atoms with Gasteiger partial charge in [-0.2, -0.15) is 0 Å². The van der Waals surface area contributed by atoms with Gasteiger partial charge in [0, 0.05) is 27.6 Å². The molecule has 0 fully saturated rings. The molecule has 5 N–H and O–H groups in total. The van der Waals surface area contributed by atoms with Crippen molar-refractivity contribution in [1.82, 2.24) is 4.98 Å². The molecule has 3 rings (SSSR count). The lowest BCUT2D eigenvalue weighted by Crippen LogP contribution is -2.20. The fraction of sp³-hybridized carbons (Fsp3) is 0.0556. The topological polar surface area (TPSA) is 86.8 Å². The second kappa shape index (κ2) is 7.67. The van der Waals surface area contributed by atoms with Crippen LogP contribution in [0.1, 0.15) is 11.1 Å². The standard InChI is InChI=1S/C18H17BrN5S/c1-11-5-12(7-14(19)6-11)9-22-15-4-2-3-13(8-15)16-10-25-18(23-16)24-17(20)21/h2-8,10,22H,1,9H2,(H4,20,21,23,24). The van der Waals surface area contributed by atoms with Crippen molar-refractivity contribution >= 4 is 44.0 Å². The lowest BCUT2D eigenvalue weighted by Gasteiger charge is -2.09. The summed E-state index contributed by atoms with van der Waals surface area (Å²) < 4.78 is 1.03. The molecule has 0 aliphatic heterocycles. The number of hydrogen-bond acceptors (Lipinski definition) is 4. The third-order valence-electron chi connectivity index (χ3n) is 3.42. The van der Waals surface area contributed by atoms with Crippen molar-refractivity contribution in [3.63, 3.8) is 0 Å². The van der Waals surface area contributed by atoms with E-state index in [1.165, 1.54) is 11.3 Å². The molecule has 0 aliphatic carbocycles. The van der Waals surface area contributed by atoms with Crippen molar-refractivity contribution in [3.05, 3.63) is 70.4 Å². The third-order valence-corrected chi connectivity index (χ3v) is 4.63. The molecule has 0 bridgehead atoms. The molecule has 3 aromatic rings. The van der Waals surface area contributed by atoms with Crippen molar-refractivity contribution in [3.8, 4) is 11.3 Å².